The van der Waals surface area contributed by atoms with E-state index < -0.39 is 0 Å². The molecule has 0 aliphatic rings. The fraction of sp³-hybridized carbons (Fsp3) is 0. The second-order valence-corrected chi connectivity index (χ2v) is 4.38. The van der Waals surface area contributed by atoms with Crippen molar-refractivity contribution in [2.45, 2.75) is 0 Å². The van der Waals surface area contributed by atoms with E-state index in [-0.39, 0.29) is 0 Å². The van der Waals surface area contributed by atoms with E-state index in [4.69, 9.17) is 0 Å². The zero-order valence-corrected chi connectivity index (χ0v) is 8.92. The first-order chi connectivity index (χ1) is 7.43. The minimum Gasteiger partial charge on any atom is -0.144 e. The zero-order chi connectivity index (χ0) is 10.1. The van der Waals surface area contributed by atoms with E-state index >= 15 is 0 Å². The van der Waals surface area contributed by atoms with Crippen LogP contribution in [0.4, 0.5) is 0 Å². The number of rotatable bonds is 1. The van der Waals surface area contributed by atoms with Gasteiger partial charge in [-0.2, -0.15) is 0 Å². The lowest BCUT2D eigenvalue weighted by molar-refractivity contribution is 1.65. The molecule has 0 amide bonds. The zero-order valence-electron chi connectivity index (χ0n) is 8.10. The third kappa shape index (κ3) is 1.55. The minimum absolute atomic E-state index is 1.17. The normalized spacial score (nSPS) is 10.7. The van der Waals surface area contributed by atoms with Gasteiger partial charge in [0, 0.05) is 10.1 Å². The summed E-state index contributed by atoms with van der Waals surface area (Å²) in [4.78, 5) is 0. The lowest BCUT2D eigenvalue weighted by Gasteiger charge is -2.00. The largest absolute Gasteiger partial charge is 0.144 e. The first kappa shape index (κ1) is 8.69. The summed E-state index contributed by atoms with van der Waals surface area (Å²) in [6.45, 7) is 0. The van der Waals surface area contributed by atoms with Gasteiger partial charge in [0.05, 0.1) is 0 Å². The van der Waals surface area contributed by atoms with Crippen molar-refractivity contribution < 1.29 is 0 Å². The highest BCUT2D eigenvalue weighted by Gasteiger charge is 1.99. The number of fused-ring (bicyclic) bond motifs is 1. The summed E-state index contributed by atoms with van der Waals surface area (Å²) in [7, 11) is 0. The smallest absolute Gasteiger partial charge is 0.0349 e. The Kier molecular flexibility index (Phi) is 2.04. The molecule has 0 aliphatic heterocycles. The maximum Gasteiger partial charge on any atom is 0.0349 e. The van der Waals surface area contributed by atoms with Crippen molar-refractivity contribution in [3.63, 3.8) is 0 Å². The molecular weight excluding hydrogens is 200 g/mol. The topological polar surface area (TPSA) is 0 Å². The van der Waals surface area contributed by atoms with Crippen LogP contribution < -0.4 is 0 Å². The van der Waals surface area contributed by atoms with E-state index in [1.807, 2.05) is 6.07 Å². The van der Waals surface area contributed by atoms with Gasteiger partial charge in [-0.3, -0.25) is 0 Å². The number of benzene rings is 2. The molecule has 2 aromatic carbocycles. The predicted molar refractivity (Wildman–Crippen MR) is 66.1 cm³/mol. The summed E-state index contributed by atoms with van der Waals surface area (Å²) >= 11 is 1.76. The molecule has 1 heteroatoms. The van der Waals surface area contributed by atoms with Gasteiger partial charge in [-0.05, 0) is 34.7 Å². The van der Waals surface area contributed by atoms with Crippen LogP contribution in [0.3, 0.4) is 0 Å². The van der Waals surface area contributed by atoms with Crippen molar-refractivity contribution in [1.82, 2.24) is 0 Å². The van der Waals surface area contributed by atoms with Crippen LogP contribution in [0, 0.1) is 6.07 Å². The maximum atomic E-state index is 3.43. The summed E-state index contributed by atoms with van der Waals surface area (Å²) < 4.78 is 1.30. The first-order valence-corrected chi connectivity index (χ1v) is 5.76. The Labute approximate surface area is 92.8 Å². The third-order valence-electron chi connectivity index (χ3n) is 2.45. The van der Waals surface area contributed by atoms with Crippen LogP contribution in [0.25, 0.3) is 21.2 Å². The predicted octanol–water partition coefficient (Wildman–Crippen LogP) is 4.37. The average Bonchev–Trinajstić information content (AvgIpc) is 2.77. The molecule has 1 radical (unpaired) electrons. The van der Waals surface area contributed by atoms with Gasteiger partial charge >= 0.3 is 0 Å². The van der Waals surface area contributed by atoms with Gasteiger partial charge in [-0.15, -0.1) is 11.3 Å². The van der Waals surface area contributed by atoms with Gasteiger partial charge in [-0.1, -0.05) is 36.4 Å². The van der Waals surface area contributed by atoms with Crippen molar-refractivity contribution in [3.8, 4) is 11.1 Å². The Bertz CT molecular complexity index is 578. The molecule has 0 saturated heterocycles. The van der Waals surface area contributed by atoms with E-state index in [9.17, 15) is 0 Å². The maximum absolute atomic E-state index is 3.43. The van der Waals surface area contributed by atoms with Crippen molar-refractivity contribution in [2.75, 3.05) is 0 Å². The summed E-state index contributed by atoms with van der Waals surface area (Å²) in [5.41, 5.74) is 2.40. The third-order valence-corrected chi connectivity index (χ3v) is 3.33. The Balaban J connectivity index is 2.19. The minimum atomic E-state index is 1.17. The highest BCUT2D eigenvalue weighted by molar-refractivity contribution is 7.17. The van der Waals surface area contributed by atoms with E-state index in [2.05, 4.69) is 53.9 Å². The highest BCUT2D eigenvalue weighted by Crippen LogP contribution is 2.26. The Morgan fingerprint density at radius 2 is 1.73 bits per heavy atom. The van der Waals surface area contributed by atoms with Crippen molar-refractivity contribution >= 4 is 21.4 Å². The fourth-order valence-corrected chi connectivity index (χ4v) is 2.43. The van der Waals surface area contributed by atoms with Crippen molar-refractivity contribution in [2.24, 2.45) is 0 Å². The molecule has 1 aromatic heterocycles. The summed E-state index contributed by atoms with van der Waals surface area (Å²) in [6.07, 6.45) is 0. The molecule has 1 heterocycles. The van der Waals surface area contributed by atoms with Gasteiger partial charge in [-0.25, -0.2) is 0 Å². The lowest BCUT2D eigenvalue weighted by atomic mass is 10.0. The molecule has 3 aromatic rings. The molecule has 0 fully saturated rings. The average molecular weight is 209 g/mol. The summed E-state index contributed by atoms with van der Waals surface area (Å²) in [6, 6.07) is 20.2. The van der Waals surface area contributed by atoms with Gasteiger partial charge in [0.15, 0.2) is 0 Å². The second-order valence-electron chi connectivity index (χ2n) is 3.44. The summed E-state index contributed by atoms with van der Waals surface area (Å²) in [5, 5.41) is 3.32. The van der Waals surface area contributed by atoms with Crippen LogP contribution in [0.15, 0.2) is 53.9 Å². The molecule has 0 atom stereocenters. The molecule has 0 nitrogen and oxygen atoms in total. The van der Waals surface area contributed by atoms with E-state index in [1.165, 1.54) is 21.2 Å². The second kappa shape index (κ2) is 3.52. The summed E-state index contributed by atoms with van der Waals surface area (Å²) in [5.74, 6) is 0. The Hall–Kier alpha value is -1.60. The van der Waals surface area contributed by atoms with Crippen LogP contribution >= 0.6 is 11.3 Å². The molecule has 0 bridgehead atoms. The van der Waals surface area contributed by atoms with Crippen LogP contribution in [0.2, 0.25) is 0 Å². The van der Waals surface area contributed by atoms with Crippen molar-refractivity contribution in [3.05, 3.63) is 60.0 Å². The highest BCUT2D eigenvalue weighted by atomic mass is 32.1. The fourth-order valence-electron chi connectivity index (χ4n) is 1.69. The van der Waals surface area contributed by atoms with Gasteiger partial charge in [0.1, 0.15) is 0 Å². The molecule has 0 aliphatic carbocycles. The van der Waals surface area contributed by atoms with Crippen LogP contribution in [-0.4, -0.2) is 0 Å². The Morgan fingerprint density at radius 3 is 2.60 bits per heavy atom. The van der Waals surface area contributed by atoms with Gasteiger partial charge in [0.2, 0.25) is 0 Å². The molecular formula is C14H9S. The van der Waals surface area contributed by atoms with Gasteiger partial charge < -0.3 is 0 Å². The van der Waals surface area contributed by atoms with Crippen LogP contribution in [0.5, 0.6) is 0 Å². The first-order valence-electron chi connectivity index (χ1n) is 4.88. The number of thiophene rings is 1. The van der Waals surface area contributed by atoms with E-state index in [0.29, 0.717) is 0 Å². The SMILES string of the molecule is [c]1c(-c2ccccc2)ccc2sccc12. The quantitative estimate of drug-likeness (QED) is 0.558. The van der Waals surface area contributed by atoms with E-state index in [0.717, 1.165) is 0 Å². The number of hydrogen-bond acceptors (Lipinski definition) is 1. The molecule has 15 heavy (non-hydrogen) atoms. The van der Waals surface area contributed by atoms with Crippen LogP contribution in [0.1, 0.15) is 0 Å². The molecule has 0 N–H and O–H groups in total. The van der Waals surface area contributed by atoms with E-state index in [1.54, 1.807) is 11.3 Å². The van der Waals surface area contributed by atoms with Crippen LogP contribution in [-0.2, 0) is 0 Å². The van der Waals surface area contributed by atoms with Gasteiger partial charge in [0.25, 0.3) is 0 Å². The molecule has 3 rings (SSSR count). The lowest BCUT2D eigenvalue weighted by Crippen LogP contribution is -1.76. The monoisotopic (exact) mass is 209 g/mol. The number of hydrogen-bond donors (Lipinski definition) is 0. The van der Waals surface area contributed by atoms with Crippen molar-refractivity contribution in [1.29, 1.82) is 0 Å². The standard InChI is InChI=1S/C14H9S/c1-2-4-11(5-3-1)12-6-7-14-13(10-12)8-9-15-14/h1-9H. The molecule has 0 spiro atoms. The Morgan fingerprint density at radius 1 is 0.867 bits per heavy atom. The molecule has 0 unspecified atom stereocenters. The molecule has 71 valence electrons. The molecule has 0 saturated carbocycles.